The van der Waals surface area contributed by atoms with Crippen LogP contribution in [0.5, 0.6) is 0 Å². The Bertz CT molecular complexity index is 398. The summed E-state index contributed by atoms with van der Waals surface area (Å²) in [7, 11) is 0. The van der Waals surface area contributed by atoms with Crippen LogP contribution in [0.1, 0.15) is 19.3 Å². The summed E-state index contributed by atoms with van der Waals surface area (Å²) in [4.78, 5) is 4.23. The molecule has 2 N–H and O–H groups in total. The van der Waals surface area contributed by atoms with E-state index in [0.29, 0.717) is 13.1 Å². The van der Waals surface area contributed by atoms with Crippen LogP contribution in [0.3, 0.4) is 0 Å². The van der Waals surface area contributed by atoms with Crippen LogP contribution in [0.2, 0.25) is 0 Å². The lowest BCUT2D eigenvalue weighted by molar-refractivity contribution is 0.244. The van der Waals surface area contributed by atoms with Gasteiger partial charge in [0.25, 0.3) is 0 Å². The van der Waals surface area contributed by atoms with Crippen LogP contribution in [0.25, 0.3) is 0 Å². The van der Waals surface area contributed by atoms with Crippen LogP contribution in [-0.4, -0.2) is 59.4 Å². The van der Waals surface area contributed by atoms with Crippen molar-refractivity contribution in [1.82, 2.24) is 9.80 Å². The van der Waals surface area contributed by atoms with Crippen LogP contribution < -0.4 is 0 Å². The molecule has 0 spiro atoms. The Labute approximate surface area is 127 Å². The zero-order valence-corrected chi connectivity index (χ0v) is 12.6. The lowest BCUT2D eigenvalue weighted by Gasteiger charge is -2.22. The molecule has 0 fully saturated rings. The predicted molar refractivity (Wildman–Crippen MR) is 85.6 cm³/mol. The molecule has 0 aromatic rings. The van der Waals surface area contributed by atoms with Crippen molar-refractivity contribution in [2.75, 3.05) is 39.4 Å². The largest absolute Gasteiger partial charge is 0.395 e. The molecule has 0 saturated heterocycles. The van der Waals surface area contributed by atoms with E-state index >= 15 is 0 Å². The number of allylic oxidation sites excluding steroid dienone is 4. The molecule has 0 bridgehead atoms. The minimum Gasteiger partial charge on any atom is -0.395 e. The van der Waals surface area contributed by atoms with Crippen LogP contribution in [-0.2, 0) is 0 Å². The highest BCUT2D eigenvalue weighted by molar-refractivity contribution is 5.25. The second-order valence-electron chi connectivity index (χ2n) is 5.48. The first-order valence-electron chi connectivity index (χ1n) is 7.76. The zero-order chi connectivity index (χ0) is 14.9. The highest BCUT2D eigenvalue weighted by Crippen LogP contribution is 2.18. The van der Waals surface area contributed by atoms with Gasteiger partial charge >= 0.3 is 0 Å². The Balaban J connectivity index is 1.65. The summed E-state index contributed by atoms with van der Waals surface area (Å²) >= 11 is 0. The molecule has 0 saturated carbocycles. The van der Waals surface area contributed by atoms with Crippen molar-refractivity contribution in [1.29, 1.82) is 0 Å². The average molecular weight is 290 g/mol. The Hall–Kier alpha value is -1.52. The summed E-state index contributed by atoms with van der Waals surface area (Å²) in [5, 5.41) is 17.8. The van der Waals surface area contributed by atoms with Gasteiger partial charge in [-0.3, -0.25) is 0 Å². The maximum absolute atomic E-state index is 8.90. The van der Waals surface area contributed by atoms with Gasteiger partial charge in [-0.2, -0.15) is 0 Å². The van der Waals surface area contributed by atoms with E-state index in [-0.39, 0.29) is 13.2 Å². The van der Waals surface area contributed by atoms with E-state index in [2.05, 4.69) is 46.5 Å². The van der Waals surface area contributed by atoms with Crippen molar-refractivity contribution >= 4 is 0 Å². The van der Waals surface area contributed by atoms with Gasteiger partial charge in [0.15, 0.2) is 0 Å². The first-order valence-corrected chi connectivity index (χ1v) is 7.76. The summed E-state index contributed by atoms with van der Waals surface area (Å²) in [5.41, 5.74) is 2.79. The van der Waals surface area contributed by atoms with Gasteiger partial charge in [-0.15, -0.1) is 0 Å². The van der Waals surface area contributed by atoms with Crippen molar-refractivity contribution in [2.45, 2.75) is 19.3 Å². The van der Waals surface area contributed by atoms with Gasteiger partial charge in [-0.05, 0) is 55.0 Å². The lowest BCUT2D eigenvalue weighted by Crippen LogP contribution is -2.23. The monoisotopic (exact) mass is 290 g/mol. The molecule has 0 amide bonds. The van der Waals surface area contributed by atoms with E-state index in [1.54, 1.807) is 0 Å². The number of rotatable bonds is 8. The molecule has 2 aliphatic rings. The van der Waals surface area contributed by atoms with Crippen LogP contribution >= 0.6 is 0 Å². The maximum atomic E-state index is 8.90. The van der Waals surface area contributed by atoms with Gasteiger partial charge in [0.1, 0.15) is 0 Å². The van der Waals surface area contributed by atoms with E-state index in [0.717, 1.165) is 32.4 Å². The fourth-order valence-corrected chi connectivity index (χ4v) is 2.59. The van der Waals surface area contributed by atoms with Crippen LogP contribution in [0.15, 0.2) is 47.9 Å². The number of β-amino-alcohol motifs (C(OH)–C–C–N with tert-alkyl or cyclic N) is 2. The summed E-state index contributed by atoms with van der Waals surface area (Å²) in [6, 6.07) is 0. The molecule has 116 valence electrons. The van der Waals surface area contributed by atoms with Crippen LogP contribution in [0, 0.1) is 0 Å². The molecule has 0 atom stereocenters. The molecule has 0 aromatic carbocycles. The second kappa shape index (κ2) is 8.70. The molecule has 4 nitrogen and oxygen atoms in total. The molecule has 21 heavy (non-hydrogen) atoms. The molecule has 0 radical (unpaired) electrons. The lowest BCUT2D eigenvalue weighted by atomic mass is 10.0. The molecule has 2 rings (SSSR count). The number of nitrogens with zero attached hydrogens (tertiary/aromatic N) is 2. The minimum atomic E-state index is 0.210. The third kappa shape index (κ3) is 5.40. The number of aliphatic hydroxyl groups is 2. The first-order chi connectivity index (χ1) is 10.3. The topological polar surface area (TPSA) is 46.9 Å². The van der Waals surface area contributed by atoms with Crippen molar-refractivity contribution in [2.24, 2.45) is 0 Å². The molecule has 4 heteroatoms. The summed E-state index contributed by atoms with van der Waals surface area (Å²) < 4.78 is 0. The molecule has 2 aliphatic heterocycles. The van der Waals surface area contributed by atoms with E-state index < -0.39 is 0 Å². The number of hydrogen-bond donors (Lipinski definition) is 2. The fraction of sp³-hybridized carbons (Fsp3) is 0.529. The number of aliphatic hydroxyl groups excluding tert-OH is 2. The average Bonchev–Trinajstić information content (AvgIpc) is 2.51. The highest BCUT2D eigenvalue weighted by atomic mass is 16.3. The first kappa shape index (κ1) is 15.9. The van der Waals surface area contributed by atoms with Crippen LogP contribution in [0.4, 0.5) is 0 Å². The van der Waals surface area contributed by atoms with Gasteiger partial charge < -0.3 is 20.0 Å². The van der Waals surface area contributed by atoms with E-state index in [9.17, 15) is 0 Å². The Morgan fingerprint density at radius 2 is 1.29 bits per heavy atom. The summed E-state index contributed by atoms with van der Waals surface area (Å²) in [5.74, 6) is 0. The van der Waals surface area contributed by atoms with E-state index in [1.807, 2.05) is 0 Å². The molecular weight excluding hydrogens is 264 g/mol. The summed E-state index contributed by atoms with van der Waals surface area (Å²) in [6.07, 6.45) is 16.4. The quantitative estimate of drug-likeness (QED) is 0.713. The van der Waals surface area contributed by atoms with Crippen molar-refractivity contribution in [3.63, 3.8) is 0 Å². The Kier molecular flexibility index (Phi) is 6.57. The molecule has 0 aliphatic carbocycles. The smallest absolute Gasteiger partial charge is 0.0606 e. The van der Waals surface area contributed by atoms with Gasteiger partial charge in [0.05, 0.1) is 13.2 Å². The van der Waals surface area contributed by atoms with E-state index in [1.165, 1.54) is 11.1 Å². The van der Waals surface area contributed by atoms with Crippen molar-refractivity contribution < 1.29 is 10.2 Å². The third-order valence-corrected chi connectivity index (χ3v) is 3.88. The standard InChI is InChI=1S/C17H26N2O2/c20-14-12-18-8-4-16(5-9-18)2-1-3-17-6-10-19(11-7-17)13-15-21/h4-8,10,20-21H,1-3,9,11-15H2. The van der Waals surface area contributed by atoms with Gasteiger partial charge in [-0.25, -0.2) is 0 Å². The maximum Gasteiger partial charge on any atom is 0.0606 e. The third-order valence-electron chi connectivity index (χ3n) is 3.88. The fourth-order valence-electron chi connectivity index (χ4n) is 2.59. The Morgan fingerprint density at radius 3 is 1.62 bits per heavy atom. The molecular formula is C17H26N2O2. The van der Waals surface area contributed by atoms with Crippen molar-refractivity contribution in [3.8, 4) is 0 Å². The molecule has 0 aromatic heterocycles. The van der Waals surface area contributed by atoms with Gasteiger partial charge in [0.2, 0.25) is 0 Å². The second-order valence-corrected chi connectivity index (χ2v) is 5.48. The Morgan fingerprint density at radius 1 is 0.810 bits per heavy atom. The zero-order valence-electron chi connectivity index (χ0n) is 12.6. The van der Waals surface area contributed by atoms with Gasteiger partial charge in [0, 0.05) is 26.2 Å². The SMILES string of the molecule is OCCN1C=CC(CCCC2=CCN(CCO)C=C2)=CC1. The molecule has 0 unspecified atom stereocenters. The van der Waals surface area contributed by atoms with Crippen molar-refractivity contribution in [3.05, 3.63) is 47.9 Å². The normalized spacial score (nSPS) is 18.0. The number of hydrogen-bond acceptors (Lipinski definition) is 4. The van der Waals surface area contributed by atoms with Gasteiger partial charge in [-0.1, -0.05) is 12.2 Å². The summed E-state index contributed by atoms with van der Waals surface area (Å²) in [6.45, 7) is 3.66. The van der Waals surface area contributed by atoms with E-state index in [4.69, 9.17) is 10.2 Å². The highest BCUT2D eigenvalue weighted by Gasteiger charge is 2.06. The predicted octanol–water partition coefficient (Wildman–Crippen LogP) is 1.65. The minimum absolute atomic E-state index is 0.210. The molecule has 2 heterocycles.